The molecule has 0 atom stereocenters. The Hall–Kier alpha value is -2.60. The molecule has 2 rings (SSSR count). The molecule has 0 unspecified atom stereocenters. The summed E-state index contributed by atoms with van der Waals surface area (Å²) < 4.78 is 9.99. The van der Waals surface area contributed by atoms with Crippen LogP contribution in [-0.2, 0) is 0 Å². The van der Waals surface area contributed by atoms with Gasteiger partial charge in [0.25, 0.3) is 5.91 Å². The zero-order chi connectivity index (χ0) is 14.5. The summed E-state index contributed by atoms with van der Waals surface area (Å²) >= 11 is 0. The molecule has 1 amide bonds. The zero-order valence-corrected chi connectivity index (χ0v) is 11.2. The lowest BCUT2D eigenvalue weighted by Gasteiger charge is -2.16. The van der Waals surface area contributed by atoms with E-state index < -0.39 is 0 Å². The summed E-state index contributed by atoms with van der Waals surface area (Å²) in [5.41, 5.74) is 0.940. The fraction of sp³-hybridized carbons (Fsp3) is 0.143. The maximum atomic E-state index is 12.2. The van der Waals surface area contributed by atoms with Gasteiger partial charge in [-0.3, -0.25) is 4.79 Å². The molecule has 6 nitrogen and oxygen atoms in total. The normalized spacial score (nSPS) is 9.95. The molecule has 0 saturated heterocycles. The summed E-state index contributed by atoms with van der Waals surface area (Å²) in [5, 5.41) is 1.06. The molecule has 0 aliphatic carbocycles. The van der Waals surface area contributed by atoms with Crippen LogP contribution >= 0.6 is 0 Å². The van der Waals surface area contributed by atoms with Crippen LogP contribution in [-0.4, -0.2) is 25.1 Å². The number of methoxy groups -OCH3 is 2. The minimum Gasteiger partial charge on any atom is -0.497 e. The third kappa shape index (κ3) is 2.86. The van der Waals surface area contributed by atoms with Crippen molar-refractivity contribution < 1.29 is 14.3 Å². The molecule has 0 aliphatic heterocycles. The molecule has 0 radical (unpaired) electrons. The maximum absolute atomic E-state index is 12.2. The highest BCUT2D eigenvalue weighted by atomic mass is 16.5. The van der Waals surface area contributed by atoms with Crippen molar-refractivity contribution in [1.29, 1.82) is 0 Å². The first kappa shape index (κ1) is 13.8. The second kappa shape index (κ2) is 6.03. The number of aromatic nitrogens is 1. The molecule has 104 valence electrons. The first-order valence-corrected chi connectivity index (χ1v) is 5.89. The van der Waals surface area contributed by atoms with E-state index in [2.05, 4.69) is 4.98 Å². The molecular weight excluding hydrogens is 258 g/mol. The van der Waals surface area contributed by atoms with Gasteiger partial charge < -0.3 is 9.47 Å². The zero-order valence-electron chi connectivity index (χ0n) is 11.2. The second-order valence-corrected chi connectivity index (χ2v) is 3.96. The second-order valence-electron chi connectivity index (χ2n) is 3.96. The molecule has 0 spiro atoms. The van der Waals surface area contributed by atoms with Crippen molar-refractivity contribution in [2.75, 3.05) is 19.2 Å². The summed E-state index contributed by atoms with van der Waals surface area (Å²) in [6, 6.07) is 10.1. The van der Waals surface area contributed by atoms with Crippen molar-refractivity contribution in [2.45, 2.75) is 0 Å². The Balaban J connectivity index is 2.17. The number of hydrazine groups is 1. The van der Waals surface area contributed by atoms with Crippen molar-refractivity contribution in [3.63, 3.8) is 0 Å². The Morgan fingerprint density at radius 2 is 1.80 bits per heavy atom. The first-order valence-electron chi connectivity index (χ1n) is 5.89. The van der Waals surface area contributed by atoms with Gasteiger partial charge in [0.2, 0.25) is 5.88 Å². The van der Waals surface area contributed by atoms with Gasteiger partial charge in [-0.05, 0) is 30.3 Å². The number of amides is 1. The van der Waals surface area contributed by atoms with Gasteiger partial charge in [-0.15, -0.1) is 0 Å². The summed E-state index contributed by atoms with van der Waals surface area (Å²) in [5.74, 6) is 6.59. The fourth-order valence-electron chi connectivity index (χ4n) is 1.63. The Kier molecular flexibility index (Phi) is 4.17. The van der Waals surface area contributed by atoms with Gasteiger partial charge in [-0.2, -0.15) is 0 Å². The number of carbonyl (C=O) groups excluding carboxylic acids is 1. The Morgan fingerprint density at radius 1 is 1.10 bits per heavy atom. The molecule has 2 aromatic rings. The maximum Gasteiger partial charge on any atom is 0.274 e. The van der Waals surface area contributed by atoms with Crippen LogP contribution < -0.4 is 20.3 Å². The van der Waals surface area contributed by atoms with E-state index in [0.717, 1.165) is 5.01 Å². The number of rotatable bonds is 4. The number of hydrogen-bond acceptors (Lipinski definition) is 5. The van der Waals surface area contributed by atoms with Gasteiger partial charge in [0.05, 0.1) is 25.5 Å². The van der Waals surface area contributed by atoms with Crippen molar-refractivity contribution in [3.8, 4) is 11.6 Å². The van der Waals surface area contributed by atoms with E-state index in [1.54, 1.807) is 43.5 Å². The summed E-state index contributed by atoms with van der Waals surface area (Å²) in [6.07, 6.45) is 1.42. The van der Waals surface area contributed by atoms with Crippen LogP contribution in [0.4, 0.5) is 5.69 Å². The number of nitrogens with two attached hydrogens (primary N) is 1. The van der Waals surface area contributed by atoms with Gasteiger partial charge >= 0.3 is 0 Å². The average molecular weight is 273 g/mol. The van der Waals surface area contributed by atoms with Crippen molar-refractivity contribution in [1.82, 2.24) is 4.98 Å². The topological polar surface area (TPSA) is 77.7 Å². The molecule has 1 heterocycles. The molecule has 2 N–H and O–H groups in total. The monoisotopic (exact) mass is 273 g/mol. The minimum atomic E-state index is -0.356. The molecular formula is C14H15N3O3. The van der Waals surface area contributed by atoms with Gasteiger partial charge in [0.15, 0.2) is 0 Å². The smallest absolute Gasteiger partial charge is 0.274 e. The van der Waals surface area contributed by atoms with Crippen LogP contribution in [0.25, 0.3) is 0 Å². The lowest BCUT2D eigenvalue weighted by atomic mass is 10.2. The Bertz CT molecular complexity index is 582. The van der Waals surface area contributed by atoms with E-state index in [1.165, 1.54) is 13.3 Å². The van der Waals surface area contributed by atoms with Crippen LogP contribution in [0.15, 0.2) is 42.6 Å². The molecule has 0 saturated carbocycles. The average Bonchev–Trinajstić information content (AvgIpc) is 2.53. The number of hydrogen-bond donors (Lipinski definition) is 1. The quantitative estimate of drug-likeness (QED) is 0.520. The highest BCUT2D eigenvalue weighted by Crippen LogP contribution is 2.19. The van der Waals surface area contributed by atoms with E-state index >= 15 is 0 Å². The first-order chi connectivity index (χ1) is 9.65. The molecule has 0 bridgehead atoms. The fourth-order valence-corrected chi connectivity index (χ4v) is 1.63. The van der Waals surface area contributed by atoms with Gasteiger partial charge in [-0.25, -0.2) is 15.8 Å². The summed E-state index contributed by atoms with van der Waals surface area (Å²) in [6.45, 7) is 0. The molecule has 20 heavy (non-hydrogen) atoms. The van der Waals surface area contributed by atoms with Crippen LogP contribution in [0.5, 0.6) is 11.6 Å². The number of anilines is 1. The standard InChI is InChI=1S/C14H15N3O3/c1-19-12-6-4-11(5-7-12)17(15)14(18)10-3-8-13(20-2)16-9-10/h3-9H,15H2,1-2H3. The highest BCUT2D eigenvalue weighted by Gasteiger charge is 2.14. The Labute approximate surface area is 116 Å². The van der Waals surface area contributed by atoms with Crippen LogP contribution in [0, 0.1) is 0 Å². The van der Waals surface area contributed by atoms with Crippen molar-refractivity contribution in [2.24, 2.45) is 5.84 Å². The number of benzene rings is 1. The third-order valence-electron chi connectivity index (χ3n) is 2.76. The predicted molar refractivity (Wildman–Crippen MR) is 74.8 cm³/mol. The summed E-state index contributed by atoms with van der Waals surface area (Å²) in [7, 11) is 3.08. The largest absolute Gasteiger partial charge is 0.497 e. The minimum absolute atomic E-state index is 0.356. The number of pyridine rings is 1. The van der Waals surface area contributed by atoms with E-state index in [9.17, 15) is 4.79 Å². The molecule has 1 aromatic heterocycles. The SMILES string of the molecule is COc1ccc(N(N)C(=O)c2ccc(OC)nc2)cc1. The van der Waals surface area contributed by atoms with E-state index in [4.69, 9.17) is 15.3 Å². The Morgan fingerprint density at radius 3 is 2.30 bits per heavy atom. The van der Waals surface area contributed by atoms with Gasteiger partial charge in [0, 0.05) is 12.3 Å². The van der Waals surface area contributed by atoms with Gasteiger partial charge in [-0.1, -0.05) is 0 Å². The summed E-state index contributed by atoms with van der Waals surface area (Å²) in [4.78, 5) is 16.2. The van der Waals surface area contributed by atoms with E-state index in [-0.39, 0.29) is 5.91 Å². The van der Waals surface area contributed by atoms with E-state index in [1.807, 2.05) is 0 Å². The van der Waals surface area contributed by atoms with Crippen molar-refractivity contribution in [3.05, 3.63) is 48.2 Å². The van der Waals surface area contributed by atoms with Crippen LogP contribution in [0.1, 0.15) is 10.4 Å². The van der Waals surface area contributed by atoms with Crippen molar-refractivity contribution >= 4 is 11.6 Å². The van der Waals surface area contributed by atoms with Crippen LogP contribution in [0.3, 0.4) is 0 Å². The van der Waals surface area contributed by atoms with Gasteiger partial charge in [0.1, 0.15) is 5.75 Å². The third-order valence-corrected chi connectivity index (χ3v) is 2.76. The number of nitrogens with zero attached hydrogens (tertiary/aromatic N) is 2. The molecule has 0 aliphatic rings. The number of carbonyl (C=O) groups is 1. The lowest BCUT2D eigenvalue weighted by Crippen LogP contribution is -2.37. The molecule has 0 fully saturated rings. The lowest BCUT2D eigenvalue weighted by molar-refractivity contribution is 0.0986. The predicted octanol–water partition coefficient (Wildman–Crippen LogP) is 1.62. The number of ether oxygens (including phenoxy) is 2. The molecule has 6 heteroatoms. The highest BCUT2D eigenvalue weighted by molar-refractivity contribution is 6.05. The molecule has 1 aromatic carbocycles. The van der Waals surface area contributed by atoms with E-state index in [0.29, 0.717) is 22.9 Å². The van der Waals surface area contributed by atoms with Crippen LogP contribution in [0.2, 0.25) is 0 Å².